The summed E-state index contributed by atoms with van der Waals surface area (Å²) in [5.74, 6) is 0. The van der Waals surface area contributed by atoms with Gasteiger partial charge < -0.3 is 9.64 Å². The summed E-state index contributed by atoms with van der Waals surface area (Å²) < 4.78 is 6.75. The Bertz CT molecular complexity index is 332. The van der Waals surface area contributed by atoms with Crippen LogP contribution in [0.15, 0.2) is 9.98 Å². The molecule has 0 bridgehead atoms. The van der Waals surface area contributed by atoms with Gasteiger partial charge in [-0.15, -0.1) is 11.3 Å². The van der Waals surface area contributed by atoms with E-state index in [1.807, 2.05) is 5.38 Å². The van der Waals surface area contributed by atoms with Crippen LogP contribution in [0.4, 0.5) is 5.13 Å². The largest absolute Gasteiger partial charge is 0.376 e. The van der Waals surface area contributed by atoms with Gasteiger partial charge in [-0.2, -0.15) is 0 Å². The Morgan fingerprint density at radius 1 is 1.69 bits per heavy atom. The molecule has 1 aromatic rings. The average Bonchev–Trinajstić information content (AvgIpc) is 2.74. The highest BCUT2D eigenvalue weighted by Gasteiger charge is 2.22. The zero-order valence-corrected chi connectivity index (χ0v) is 11.9. The molecule has 1 aromatic heterocycles. The maximum absolute atomic E-state index is 5.81. The smallest absolute Gasteiger partial charge is 0.186 e. The maximum Gasteiger partial charge on any atom is 0.186 e. The van der Waals surface area contributed by atoms with Gasteiger partial charge in [-0.25, -0.2) is 4.98 Å². The van der Waals surface area contributed by atoms with E-state index in [9.17, 15) is 0 Å². The zero-order chi connectivity index (χ0) is 11.4. The van der Waals surface area contributed by atoms with Gasteiger partial charge in [0, 0.05) is 25.1 Å². The first-order valence-corrected chi connectivity index (χ1v) is 7.44. The van der Waals surface area contributed by atoms with Crippen LogP contribution in [0.5, 0.6) is 0 Å². The highest BCUT2D eigenvalue weighted by Crippen LogP contribution is 2.26. The lowest BCUT2D eigenvalue weighted by atomic mass is 10.1. The Labute approximate surface area is 109 Å². The lowest BCUT2D eigenvalue weighted by molar-refractivity contribution is 0.0440. The summed E-state index contributed by atoms with van der Waals surface area (Å²) in [6, 6.07) is 0. The van der Waals surface area contributed by atoms with Crippen molar-refractivity contribution < 1.29 is 4.74 Å². The molecule has 1 atom stereocenters. The van der Waals surface area contributed by atoms with Crippen LogP contribution in [0.2, 0.25) is 0 Å². The van der Waals surface area contributed by atoms with E-state index in [0.29, 0.717) is 6.10 Å². The molecule has 0 radical (unpaired) electrons. The number of nitrogens with zero attached hydrogens (tertiary/aromatic N) is 2. The van der Waals surface area contributed by atoms with Gasteiger partial charge in [0.15, 0.2) is 5.13 Å². The van der Waals surface area contributed by atoms with E-state index < -0.39 is 0 Å². The van der Waals surface area contributed by atoms with Crippen LogP contribution in [0.25, 0.3) is 0 Å². The van der Waals surface area contributed by atoms with Gasteiger partial charge in [-0.05, 0) is 35.2 Å². The molecule has 0 saturated carbocycles. The molecular weight excluding hydrogens is 288 g/mol. The molecule has 16 heavy (non-hydrogen) atoms. The summed E-state index contributed by atoms with van der Waals surface area (Å²) in [6.45, 7) is 5.12. The molecule has 90 valence electrons. The van der Waals surface area contributed by atoms with Gasteiger partial charge >= 0.3 is 0 Å². The fourth-order valence-corrected chi connectivity index (χ4v) is 3.21. The van der Waals surface area contributed by atoms with Gasteiger partial charge in [-0.1, -0.05) is 6.92 Å². The van der Waals surface area contributed by atoms with Crippen LogP contribution >= 0.6 is 27.3 Å². The first-order chi connectivity index (χ1) is 7.79. The number of ether oxygens (including phenoxy) is 1. The van der Waals surface area contributed by atoms with E-state index in [0.717, 1.165) is 35.9 Å². The second-order valence-corrected chi connectivity index (χ2v) is 5.68. The monoisotopic (exact) mass is 304 g/mol. The van der Waals surface area contributed by atoms with E-state index in [2.05, 4.69) is 32.7 Å². The van der Waals surface area contributed by atoms with Crippen molar-refractivity contribution in [2.75, 3.05) is 24.6 Å². The molecule has 2 heterocycles. The van der Waals surface area contributed by atoms with Crippen LogP contribution in [0.3, 0.4) is 0 Å². The van der Waals surface area contributed by atoms with Crippen LogP contribution in [-0.4, -0.2) is 30.8 Å². The highest BCUT2D eigenvalue weighted by molar-refractivity contribution is 9.10. The fraction of sp³-hybridized carbons (Fsp3) is 0.727. The number of hydrogen-bond acceptors (Lipinski definition) is 4. The Kier molecular flexibility index (Phi) is 4.61. The summed E-state index contributed by atoms with van der Waals surface area (Å²) in [4.78, 5) is 6.79. The summed E-state index contributed by atoms with van der Waals surface area (Å²) in [5.41, 5.74) is 0. The number of anilines is 1. The third-order valence-electron chi connectivity index (χ3n) is 2.67. The van der Waals surface area contributed by atoms with Crippen molar-refractivity contribution in [3.8, 4) is 0 Å². The molecule has 0 spiro atoms. The van der Waals surface area contributed by atoms with Crippen molar-refractivity contribution in [1.82, 2.24) is 4.98 Å². The van der Waals surface area contributed by atoms with Gasteiger partial charge in [0.2, 0.25) is 0 Å². The highest BCUT2D eigenvalue weighted by atomic mass is 79.9. The van der Waals surface area contributed by atoms with Crippen LogP contribution in [0, 0.1) is 0 Å². The Morgan fingerprint density at radius 3 is 3.25 bits per heavy atom. The molecule has 2 rings (SSSR count). The van der Waals surface area contributed by atoms with Crippen LogP contribution in [-0.2, 0) is 4.74 Å². The fourth-order valence-electron chi connectivity index (χ4n) is 1.92. The van der Waals surface area contributed by atoms with E-state index in [1.54, 1.807) is 11.3 Å². The molecule has 3 nitrogen and oxygen atoms in total. The molecule has 0 N–H and O–H groups in total. The topological polar surface area (TPSA) is 25.4 Å². The minimum atomic E-state index is 0.386. The molecule has 1 aliphatic rings. The van der Waals surface area contributed by atoms with E-state index in [4.69, 9.17) is 4.74 Å². The van der Waals surface area contributed by atoms with Crippen molar-refractivity contribution in [2.24, 2.45) is 0 Å². The Balaban J connectivity index is 1.91. The van der Waals surface area contributed by atoms with Crippen molar-refractivity contribution >= 4 is 32.4 Å². The average molecular weight is 305 g/mol. The Hall–Kier alpha value is -0.130. The number of piperidine rings is 1. The van der Waals surface area contributed by atoms with Gasteiger partial charge in [0.05, 0.1) is 6.10 Å². The molecule has 1 unspecified atom stereocenters. The lowest BCUT2D eigenvalue weighted by Crippen LogP contribution is -2.39. The number of rotatable bonds is 4. The summed E-state index contributed by atoms with van der Waals surface area (Å²) in [6.07, 6.45) is 3.87. The second-order valence-electron chi connectivity index (χ2n) is 4.03. The molecule has 1 saturated heterocycles. The molecule has 0 amide bonds. The van der Waals surface area contributed by atoms with Crippen molar-refractivity contribution in [3.05, 3.63) is 9.98 Å². The first-order valence-electron chi connectivity index (χ1n) is 5.77. The molecule has 0 aliphatic carbocycles. The Morgan fingerprint density at radius 2 is 2.56 bits per heavy atom. The van der Waals surface area contributed by atoms with Gasteiger partial charge in [0.25, 0.3) is 0 Å². The number of hydrogen-bond donors (Lipinski definition) is 0. The second kappa shape index (κ2) is 5.98. The standard InChI is InChI=1S/C11H17BrN2OS/c1-2-6-15-9-4-3-5-14(7-9)11-13-10(12)8-16-11/h8-9H,2-7H2,1H3. The van der Waals surface area contributed by atoms with Crippen LogP contribution in [0.1, 0.15) is 26.2 Å². The van der Waals surface area contributed by atoms with E-state index in [1.165, 1.54) is 12.8 Å². The third-order valence-corrected chi connectivity index (χ3v) is 4.28. The molecule has 1 fully saturated rings. The maximum atomic E-state index is 5.81. The minimum absolute atomic E-state index is 0.386. The van der Waals surface area contributed by atoms with Crippen LogP contribution < -0.4 is 4.90 Å². The summed E-state index contributed by atoms with van der Waals surface area (Å²) in [7, 11) is 0. The number of halogens is 1. The SMILES string of the molecule is CCCOC1CCCN(c2nc(Br)cs2)C1. The third kappa shape index (κ3) is 3.18. The predicted octanol–water partition coefficient (Wildman–Crippen LogP) is 3.30. The first kappa shape index (κ1) is 12.3. The van der Waals surface area contributed by atoms with Gasteiger partial charge in [-0.3, -0.25) is 0 Å². The van der Waals surface area contributed by atoms with Crippen molar-refractivity contribution in [3.63, 3.8) is 0 Å². The quantitative estimate of drug-likeness (QED) is 0.853. The molecule has 0 aromatic carbocycles. The number of thiazole rings is 1. The number of aromatic nitrogens is 1. The van der Waals surface area contributed by atoms with E-state index >= 15 is 0 Å². The van der Waals surface area contributed by atoms with Gasteiger partial charge in [0.1, 0.15) is 4.60 Å². The van der Waals surface area contributed by atoms with Crippen molar-refractivity contribution in [2.45, 2.75) is 32.3 Å². The van der Waals surface area contributed by atoms with Crippen molar-refractivity contribution in [1.29, 1.82) is 0 Å². The summed E-state index contributed by atoms with van der Waals surface area (Å²) >= 11 is 5.09. The molecular formula is C11H17BrN2OS. The molecule has 1 aliphatic heterocycles. The zero-order valence-electron chi connectivity index (χ0n) is 9.49. The minimum Gasteiger partial charge on any atom is -0.376 e. The summed E-state index contributed by atoms with van der Waals surface area (Å²) in [5, 5.41) is 3.14. The predicted molar refractivity (Wildman–Crippen MR) is 71.3 cm³/mol. The van der Waals surface area contributed by atoms with E-state index in [-0.39, 0.29) is 0 Å². The normalized spacial score (nSPS) is 21.4. The molecule has 5 heteroatoms. The lowest BCUT2D eigenvalue weighted by Gasteiger charge is -2.32.